The number of nitrogen functional groups attached to an aromatic ring is 1. The molecule has 0 aromatic carbocycles. The summed E-state index contributed by atoms with van der Waals surface area (Å²) in [7, 11) is 4.11. The van der Waals surface area contributed by atoms with Crippen molar-refractivity contribution in [3.05, 3.63) is 17.8 Å². The van der Waals surface area contributed by atoms with Crippen LogP contribution in [0.25, 0.3) is 0 Å². The van der Waals surface area contributed by atoms with Crippen LogP contribution in [0.15, 0.2) is 12.3 Å². The van der Waals surface area contributed by atoms with Gasteiger partial charge in [0.25, 0.3) is 0 Å². The lowest BCUT2D eigenvalue weighted by molar-refractivity contribution is 0.400. The molecule has 0 aliphatic carbocycles. The molecule has 6 nitrogen and oxygen atoms in total. The van der Waals surface area contributed by atoms with E-state index < -0.39 is 0 Å². The van der Waals surface area contributed by atoms with Gasteiger partial charge in [-0.1, -0.05) is 0 Å². The van der Waals surface area contributed by atoms with Gasteiger partial charge in [0.2, 0.25) is 0 Å². The van der Waals surface area contributed by atoms with Crippen molar-refractivity contribution in [2.24, 2.45) is 5.73 Å². The lowest BCUT2D eigenvalue weighted by atomic mass is 10.2. The second-order valence-electron chi connectivity index (χ2n) is 4.42. The zero-order valence-electron chi connectivity index (χ0n) is 11.3. The molecule has 0 unspecified atom stereocenters. The third-order valence-corrected chi connectivity index (χ3v) is 2.71. The Morgan fingerprint density at radius 1 is 1.39 bits per heavy atom. The highest BCUT2D eigenvalue weighted by Gasteiger charge is 2.13. The predicted molar refractivity (Wildman–Crippen MR) is 74.1 cm³/mol. The van der Waals surface area contributed by atoms with Gasteiger partial charge in [0, 0.05) is 13.1 Å². The summed E-state index contributed by atoms with van der Waals surface area (Å²) in [6.45, 7) is 4.79. The molecule has 0 radical (unpaired) electrons. The number of nitrogens with one attached hydrogen (secondary N) is 1. The van der Waals surface area contributed by atoms with E-state index in [1.54, 1.807) is 12.3 Å². The summed E-state index contributed by atoms with van der Waals surface area (Å²) in [5.74, 6) is 0.734. The number of amidine groups is 1. The number of hydrogen-bond acceptors (Lipinski definition) is 5. The molecule has 0 amide bonds. The Kier molecular flexibility index (Phi) is 5.51. The minimum atomic E-state index is 0.0333. The average Bonchev–Trinajstić information content (AvgIpc) is 2.34. The van der Waals surface area contributed by atoms with E-state index in [0.717, 1.165) is 26.1 Å². The van der Waals surface area contributed by atoms with Gasteiger partial charge < -0.3 is 15.5 Å². The highest BCUT2D eigenvalue weighted by Crippen LogP contribution is 2.15. The van der Waals surface area contributed by atoms with Crippen molar-refractivity contribution in [2.75, 3.05) is 38.6 Å². The van der Waals surface area contributed by atoms with E-state index in [0.29, 0.717) is 11.4 Å². The fraction of sp³-hybridized carbons (Fsp3) is 0.583. The van der Waals surface area contributed by atoms with Gasteiger partial charge in [-0.05, 0) is 40.1 Å². The molecule has 100 valence electrons. The fourth-order valence-electron chi connectivity index (χ4n) is 1.76. The number of nitrogens with two attached hydrogens (primary N) is 1. The van der Waals surface area contributed by atoms with E-state index in [-0.39, 0.29) is 5.84 Å². The Hall–Kier alpha value is -1.69. The highest BCUT2D eigenvalue weighted by molar-refractivity contribution is 5.99. The Morgan fingerprint density at radius 3 is 2.67 bits per heavy atom. The molecule has 0 atom stereocenters. The average molecular weight is 250 g/mol. The van der Waals surface area contributed by atoms with Crippen LogP contribution in [0.2, 0.25) is 0 Å². The van der Waals surface area contributed by atoms with Gasteiger partial charge in [0.05, 0.1) is 11.8 Å². The summed E-state index contributed by atoms with van der Waals surface area (Å²) in [6, 6.07) is 1.74. The summed E-state index contributed by atoms with van der Waals surface area (Å²) in [5.41, 5.74) is 6.21. The predicted octanol–water partition coefficient (Wildman–Crippen LogP) is 0.539. The molecule has 0 aliphatic heterocycles. The SMILES string of the molecule is CCN(CCCN(C)C)c1nnccc1C(=N)N. The molecule has 0 aliphatic rings. The molecule has 1 rings (SSSR count). The summed E-state index contributed by atoms with van der Waals surface area (Å²) in [5, 5.41) is 15.6. The molecule has 0 fully saturated rings. The third-order valence-electron chi connectivity index (χ3n) is 2.71. The first kappa shape index (κ1) is 14.4. The molecule has 0 saturated heterocycles. The number of aromatic nitrogens is 2. The summed E-state index contributed by atoms with van der Waals surface area (Å²) in [4.78, 5) is 4.25. The summed E-state index contributed by atoms with van der Waals surface area (Å²) >= 11 is 0. The third kappa shape index (κ3) is 3.96. The molecule has 0 bridgehead atoms. The van der Waals surface area contributed by atoms with Crippen LogP contribution in [0, 0.1) is 5.41 Å². The molecule has 0 saturated carbocycles. The van der Waals surface area contributed by atoms with Gasteiger partial charge in [-0.15, -0.1) is 5.10 Å². The first-order valence-corrected chi connectivity index (χ1v) is 6.12. The van der Waals surface area contributed by atoms with Crippen molar-refractivity contribution < 1.29 is 0 Å². The zero-order valence-corrected chi connectivity index (χ0v) is 11.3. The first-order chi connectivity index (χ1) is 8.56. The second kappa shape index (κ2) is 6.90. The molecular formula is C12H22N6. The van der Waals surface area contributed by atoms with Crippen molar-refractivity contribution >= 4 is 11.7 Å². The van der Waals surface area contributed by atoms with Crippen molar-refractivity contribution in [3.8, 4) is 0 Å². The Labute approximate surface area is 108 Å². The van der Waals surface area contributed by atoms with Crippen LogP contribution in [0.3, 0.4) is 0 Å². The van der Waals surface area contributed by atoms with E-state index in [1.165, 1.54) is 0 Å². The van der Waals surface area contributed by atoms with E-state index in [2.05, 4.69) is 41.0 Å². The lowest BCUT2D eigenvalue weighted by Gasteiger charge is -2.24. The van der Waals surface area contributed by atoms with Crippen molar-refractivity contribution in [1.29, 1.82) is 5.41 Å². The number of anilines is 1. The van der Waals surface area contributed by atoms with Gasteiger partial charge in [-0.2, -0.15) is 5.10 Å². The standard InChI is InChI=1S/C12H22N6/c1-4-18(9-5-8-17(2)3)12-10(11(13)14)6-7-15-16-12/h6-7H,4-5,8-9H2,1-3H3,(H3,13,14). The van der Waals surface area contributed by atoms with Crippen LogP contribution < -0.4 is 10.6 Å². The number of hydrogen-bond donors (Lipinski definition) is 2. The monoisotopic (exact) mass is 250 g/mol. The number of rotatable bonds is 7. The largest absolute Gasteiger partial charge is 0.384 e. The minimum Gasteiger partial charge on any atom is -0.384 e. The molecule has 1 heterocycles. The molecule has 0 spiro atoms. The molecular weight excluding hydrogens is 228 g/mol. The van der Waals surface area contributed by atoms with E-state index in [1.807, 2.05) is 0 Å². The van der Waals surface area contributed by atoms with Gasteiger partial charge in [0.15, 0.2) is 5.82 Å². The maximum absolute atomic E-state index is 7.57. The normalized spacial score (nSPS) is 10.7. The maximum atomic E-state index is 7.57. The van der Waals surface area contributed by atoms with Crippen LogP contribution >= 0.6 is 0 Å². The molecule has 18 heavy (non-hydrogen) atoms. The smallest absolute Gasteiger partial charge is 0.162 e. The fourth-order valence-corrected chi connectivity index (χ4v) is 1.76. The van der Waals surface area contributed by atoms with Gasteiger partial charge in [-0.25, -0.2) is 0 Å². The maximum Gasteiger partial charge on any atom is 0.162 e. The van der Waals surface area contributed by atoms with Crippen LogP contribution in [0.1, 0.15) is 18.9 Å². The molecule has 1 aromatic heterocycles. The highest BCUT2D eigenvalue weighted by atomic mass is 15.3. The number of nitrogens with zero attached hydrogens (tertiary/aromatic N) is 4. The Bertz CT molecular complexity index is 390. The second-order valence-corrected chi connectivity index (χ2v) is 4.42. The molecule has 6 heteroatoms. The lowest BCUT2D eigenvalue weighted by Crippen LogP contribution is -2.30. The van der Waals surface area contributed by atoms with Crippen molar-refractivity contribution in [2.45, 2.75) is 13.3 Å². The molecule has 1 aromatic rings. The molecule has 3 N–H and O–H groups in total. The van der Waals surface area contributed by atoms with Gasteiger partial charge in [0.1, 0.15) is 5.84 Å². The summed E-state index contributed by atoms with van der Waals surface area (Å²) in [6.07, 6.45) is 2.60. The van der Waals surface area contributed by atoms with Crippen molar-refractivity contribution in [1.82, 2.24) is 15.1 Å². The summed E-state index contributed by atoms with van der Waals surface area (Å²) < 4.78 is 0. The van der Waals surface area contributed by atoms with Crippen LogP contribution in [-0.4, -0.2) is 54.7 Å². The Morgan fingerprint density at radius 2 is 2.11 bits per heavy atom. The van der Waals surface area contributed by atoms with Crippen LogP contribution in [0.5, 0.6) is 0 Å². The first-order valence-electron chi connectivity index (χ1n) is 6.12. The zero-order chi connectivity index (χ0) is 13.5. The van der Waals surface area contributed by atoms with E-state index >= 15 is 0 Å². The van der Waals surface area contributed by atoms with E-state index in [4.69, 9.17) is 11.1 Å². The Balaban J connectivity index is 2.78. The van der Waals surface area contributed by atoms with Gasteiger partial charge >= 0.3 is 0 Å². The van der Waals surface area contributed by atoms with E-state index in [9.17, 15) is 0 Å². The van der Waals surface area contributed by atoms with Crippen LogP contribution in [-0.2, 0) is 0 Å². The van der Waals surface area contributed by atoms with Gasteiger partial charge in [-0.3, -0.25) is 5.41 Å². The van der Waals surface area contributed by atoms with Crippen molar-refractivity contribution in [3.63, 3.8) is 0 Å². The van der Waals surface area contributed by atoms with Crippen LogP contribution in [0.4, 0.5) is 5.82 Å². The minimum absolute atomic E-state index is 0.0333. The topological polar surface area (TPSA) is 82.1 Å². The quantitative estimate of drug-likeness (QED) is 0.545.